The summed E-state index contributed by atoms with van der Waals surface area (Å²) in [7, 11) is 2.02. The van der Waals surface area contributed by atoms with E-state index in [0.29, 0.717) is 12.1 Å². The fraction of sp³-hybridized carbons (Fsp3) is 0.217. The number of ether oxygens (including phenoxy) is 1. The summed E-state index contributed by atoms with van der Waals surface area (Å²) < 4.78 is 5.12. The molecule has 28 heavy (non-hydrogen) atoms. The number of nitrogens with one attached hydrogen (secondary N) is 1. The first-order valence-electron chi connectivity index (χ1n) is 9.32. The van der Waals surface area contributed by atoms with Gasteiger partial charge in [-0.3, -0.25) is 4.79 Å². The molecule has 0 heterocycles. The molecule has 3 aromatic rings. The van der Waals surface area contributed by atoms with Crippen molar-refractivity contribution in [2.45, 2.75) is 6.42 Å². The SMILES string of the molecule is CN(CCCNC(=O)COC(=O)c1ccc2ccccc2c1)c1ccccc1. The Balaban J connectivity index is 1.38. The lowest BCUT2D eigenvalue weighted by Gasteiger charge is -2.19. The van der Waals surface area contributed by atoms with Crippen molar-refractivity contribution >= 4 is 28.3 Å². The normalized spacial score (nSPS) is 10.5. The lowest BCUT2D eigenvalue weighted by Crippen LogP contribution is -2.31. The number of amides is 1. The number of anilines is 1. The lowest BCUT2D eigenvalue weighted by atomic mass is 10.1. The molecule has 144 valence electrons. The average molecular weight is 376 g/mol. The smallest absolute Gasteiger partial charge is 0.338 e. The zero-order valence-electron chi connectivity index (χ0n) is 15.9. The zero-order chi connectivity index (χ0) is 19.8. The highest BCUT2D eigenvalue weighted by Crippen LogP contribution is 2.16. The number of hydrogen-bond acceptors (Lipinski definition) is 4. The van der Waals surface area contributed by atoms with E-state index in [2.05, 4.69) is 10.2 Å². The van der Waals surface area contributed by atoms with Crippen molar-refractivity contribution in [2.24, 2.45) is 0 Å². The second kappa shape index (κ2) is 9.55. The molecule has 0 atom stereocenters. The third kappa shape index (κ3) is 5.33. The summed E-state index contributed by atoms with van der Waals surface area (Å²) in [6, 6.07) is 23.2. The van der Waals surface area contributed by atoms with Crippen LogP contribution < -0.4 is 10.2 Å². The van der Waals surface area contributed by atoms with Gasteiger partial charge in [0.25, 0.3) is 5.91 Å². The molecule has 0 spiro atoms. The lowest BCUT2D eigenvalue weighted by molar-refractivity contribution is -0.124. The van der Waals surface area contributed by atoms with E-state index < -0.39 is 5.97 Å². The number of carbonyl (C=O) groups excluding carboxylic acids is 2. The molecule has 0 aliphatic carbocycles. The van der Waals surface area contributed by atoms with Crippen molar-refractivity contribution in [3.05, 3.63) is 78.4 Å². The summed E-state index contributed by atoms with van der Waals surface area (Å²) in [5.41, 5.74) is 1.58. The van der Waals surface area contributed by atoms with E-state index in [1.165, 1.54) is 0 Å². The van der Waals surface area contributed by atoms with Crippen LogP contribution in [0, 0.1) is 0 Å². The highest BCUT2D eigenvalue weighted by Gasteiger charge is 2.10. The van der Waals surface area contributed by atoms with Crippen LogP contribution in [0.1, 0.15) is 16.8 Å². The Hall–Kier alpha value is -3.34. The highest BCUT2D eigenvalue weighted by molar-refractivity contribution is 5.96. The minimum absolute atomic E-state index is 0.278. The largest absolute Gasteiger partial charge is 0.452 e. The van der Waals surface area contributed by atoms with Crippen molar-refractivity contribution < 1.29 is 14.3 Å². The first-order valence-corrected chi connectivity index (χ1v) is 9.32. The maximum Gasteiger partial charge on any atom is 0.338 e. The van der Waals surface area contributed by atoms with Gasteiger partial charge in [0.2, 0.25) is 0 Å². The Labute approximate surface area is 164 Å². The molecule has 3 aromatic carbocycles. The highest BCUT2D eigenvalue weighted by atomic mass is 16.5. The van der Waals surface area contributed by atoms with Gasteiger partial charge in [-0.2, -0.15) is 0 Å². The molecule has 5 heteroatoms. The predicted octanol–water partition coefficient (Wildman–Crippen LogP) is 3.64. The number of fused-ring (bicyclic) bond motifs is 1. The number of hydrogen-bond donors (Lipinski definition) is 1. The van der Waals surface area contributed by atoms with Crippen LogP contribution in [-0.4, -0.2) is 38.6 Å². The fourth-order valence-corrected chi connectivity index (χ4v) is 2.94. The monoisotopic (exact) mass is 376 g/mol. The fourth-order valence-electron chi connectivity index (χ4n) is 2.94. The Bertz CT molecular complexity index is 941. The third-order valence-electron chi connectivity index (χ3n) is 4.51. The summed E-state index contributed by atoms with van der Waals surface area (Å²) >= 11 is 0. The Morgan fingerprint density at radius 1 is 0.929 bits per heavy atom. The summed E-state index contributed by atoms with van der Waals surface area (Å²) in [6.07, 6.45) is 0.801. The third-order valence-corrected chi connectivity index (χ3v) is 4.51. The van der Waals surface area contributed by atoms with E-state index in [0.717, 1.165) is 29.4 Å². The van der Waals surface area contributed by atoms with E-state index >= 15 is 0 Å². The molecule has 1 amide bonds. The number of esters is 1. The number of benzene rings is 3. The number of rotatable bonds is 8. The maximum absolute atomic E-state index is 12.2. The second-order valence-corrected chi connectivity index (χ2v) is 6.60. The van der Waals surface area contributed by atoms with Crippen molar-refractivity contribution in [3.8, 4) is 0 Å². The quantitative estimate of drug-likeness (QED) is 0.482. The molecule has 0 saturated carbocycles. The molecule has 0 radical (unpaired) electrons. The van der Waals surface area contributed by atoms with E-state index in [4.69, 9.17) is 4.74 Å². The molecule has 0 fully saturated rings. The molecule has 0 bridgehead atoms. The number of para-hydroxylation sites is 1. The van der Waals surface area contributed by atoms with Crippen LogP contribution in [0.25, 0.3) is 10.8 Å². The minimum atomic E-state index is -0.496. The van der Waals surface area contributed by atoms with Gasteiger partial charge in [0.05, 0.1) is 5.56 Å². The van der Waals surface area contributed by atoms with Crippen LogP contribution in [-0.2, 0) is 9.53 Å². The first-order chi connectivity index (χ1) is 13.6. The van der Waals surface area contributed by atoms with Crippen molar-refractivity contribution in [3.63, 3.8) is 0 Å². The summed E-state index contributed by atoms with van der Waals surface area (Å²) in [4.78, 5) is 26.2. The van der Waals surface area contributed by atoms with Crippen LogP contribution in [0.3, 0.4) is 0 Å². The molecule has 0 saturated heterocycles. The van der Waals surface area contributed by atoms with Gasteiger partial charge in [0, 0.05) is 25.8 Å². The Kier molecular flexibility index (Phi) is 6.63. The van der Waals surface area contributed by atoms with Crippen LogP contribution in [0.4, 0.5) is 5.69 Å². The van der Waals surface area contributed by atoms with E-state index in [1.54, 1.807) is 12.1 Å². The zero-order valence-corrected chi connectivity index (χ0v) is 15.9. The first kappa shape index (κ1) is 19.4. The second-order valence-electron chi connectivity index (χ2n) is 6.60. The standard InChI is InChI=1S/C23H24N2O3/c1-25(21-10-3-2-4-11-21)15-7-14-24-22(26)17-28-23(27)20-13-12-18-8-5-6-9-19(18)16-20/h2-6,8-13,16H,7,14-15,17H2,1H3,(H,24,26). The number of nitrogens with zero attached hydrogens (tertiary/aromatic N) is 1. The molecule has 0 unspecified atom stereocenters. The van der Waals surface area contributed by atoms with Gasteiger partial charge < -0.3 is 15.0 Å². The summed E-state index contributed by atoms with van der Waals surface area (Å²) in [5.74, 6) is -0.791. The van der Waals surface area contributed by atoms with Crippen LogP contribution in [0.5, 0.6) is 0 Å². The van der Waals surface area contributed by atoms with Crippen LogP contribution in [0.2, 0.25) is 0 Å². The van der Waals surface area contributed by atoms with Gasteiger partial charge in [-0.15, -0.1) is 0 Å². The molecule has 0 aliphatic rings. The molecular formula is C23H24N2O3. The predicted molar refractivity (Wildman–Crippen MR) is 112 cm³/mol. The molecule has 0 aliphatic heterocycles. The van der Waals surface area contributed by atoms with Gasteiger partial charge in [-0.05, 0) is 41.5 Å². The molecule has 1 N–H and O–H groups in total. The average Bonchev–Trinajstić information content (AvgIpc) is 2.75. The Morgan fingerprint density at radius 3 is 2.43 bits per heavy atom. The Morgan fingerprint density at radius 2 is 1.64 bits per heavy atom. The van der Waals surface area contributed by atoms with Gasteiger partial charge >= 0.3 is 5.97 Å². The number of carbonyl (C=O) groups is 2. The summed E-state index contributed by atoms with van der Waals surface area (Å²) in [5, 5.41) is 4.80. The van der Waals surface area contributed by atoms with E-state index in [9.17, 15) is 9.59 Å². The molecule has 5 nitrogen and oxygen atoms in total. The van der Waals surface area contributed by atoms with Crippen molar-refractivity contribution in [1.29, 1.82) is 0 Å². The molecular weight excluding hydrogens is 352 g/mol. The molecule has 3 rings (SSSR count). The molecule has 0 aromatic heterocycles. The van der Waals surface area contributed by atoms with Gasteiger partial charge in [-0.25, -0.2) is 4.79 Å². The van der Waals surface area contributed by atoms with Crippen LogP contribution in [0.15, 0.2) is 72.8 Å². The van der Waals surface area contributed by atoms with Gasteiger partial charge in [0.1, 0.15) is 0 Å². The minimum Gasteiger partial charge on any atom is -0.452 e. The topological polar surface area (TPSA) is 58.6 Å². The van der Waals surface area contributed by atoms with E-state index in [1.807, 2.05) is 67.7 Å². The van der Waals surface area contributed by atoms with E-state index in [-0.39, 0.29) is 12.5 Å². The summed E-state index contributed by atoms with van der Waals surface area (Å²) in [6.45, 7) is 1.07. The van der Waals surface area contributed by atoms with Crippen molar-refractivity contribution in [2.75, 3.05) is 31.6 Å². The van der Waals surface area contributed by atoms with Gasteiger partial charge in [-0.1, -0.05) is 48.5 Å². The van der Waals surface area contributed by atoms with Gasteiger partial charge in [0.15, 0.2) is 6.61 Å². The van der Waals surface area contributed by atoms with Crippen LogP contribution >= 0.6 is 0 Å². The maximum atomic E-state index is 12.2. The van der Waals surface area contributed by atoms with Crippen molar-refractivity contribution in [1.82, 2.24) is 5.32 Å².